The molecule has 1 fully saturated rings. The zero-order valence-electron chi connectivity index (χ0n) is 18.9. The summed E-state index contributed by atoms with van der Waals surface area (Å²) >= 11 is 0. The molecule has 35 heavy (non-hydrogen) atoms. The van der Waals surface area contributed by atoms with Crippen molar-refractivity contribution in [2.75, 3.05) is 31.1 Å². The number of piperazine rings is 1. The van der Waals surface area contributed by atoms with Gasteiger partial charge in [0.25, 0.3) is 17.5 Å². The van der Waals surface area contributed by atoms with Gasteiger partial charge >= 0.3 is 0 Å². The first-order valence-corrected chi connectivity index (χ1v) is 10.8. The molecule has 1 aromatic heterocycles. The van der Waals surface area contributed by atoms with E-state index in [2.05, 4.69) is 21.0 Å². The lowest BCUT2D eigenvalue weighted by Gasteiger charge is -2.35. The number of hydrogen-bond acceptors (Lipinski definition) is 7. The second kappa shape index (κ2) is 10.0. The molecule has 2 heterocycles. The van der Waals surface area contributed by atoms with E-state index in [1.807, 2.05) is 35.2 Å². The number of carbonyl (C=O) groups is 3. The number of hydrazine groups is 1. The van der Waals surface area contributed by atoms with Crippen molar-refractivity contribution in [2.45, 2.75) is 6.92 Å². The highest BCUT2D eigenvalue weighted by atomic mass is 16.6. The maximum atomic E-state index is 12.6. The van der Waals surface area contributed by atoms with E-state index in [1.54, 1.807) is 11.0 Å². The van der Waals surface area contributed by atoms with E-state index >= 15 is 0 Å². The maximum Gasteiger partial charge on any atom is 0.293 e. The van der Waals surface area contributed by atoms with Crippen LogP contribution in [0.4, 0.5) is 11.4 Å². The van der Waals surface area contributed by atoms with Crippen molar-refractivity contribution >= 4 is 29.1 Å². The van der Waals surface area contributed by atoms with Crippen LogP contribution in [-0.2, 0) is 4.79 Å². The minimum Gasteiger partial charge on any atom is -0.362 e. The number of H-pyrrole nitrogens is 1. The van der Waals surface area contributed by atoms with Crippen LogP contribution in [0.1, 0.15) is 27.8 Å². The zero-order valence-corrected chi connectivity index (χ0v) is 18.9. The summed E-state index contributed by atoms with van der Waals surface area (Å²) in [6.07, 6.45) is 0. The van der Waals surface area contributed by atoms with Crippen LogP contribution in [0.25, 0.3) is 11.3 Å². The molecule has 1 aliphatic heterocycles. The van der Waals surface area contributed by atoms with Gasteiger partial charge in [0.1, 0.15) is 11.4 Å². The normalized spacial score (nSPS) is 13.3. The Morgan fingerprint density at radius 3 is 2.31 bits per heavy atom. The van der Waals surface area contributed by atoms with Crippen molar-refractivity contribution in [3.63, 3.8) is 0 Å². The lowest BCUT2D eigenvalue weighted by Crippen LogP contribution is -2.48. The Hall–Kier alpha value is -4.74. The third kappa shape index (κ3) is 5.27. The fraction of sp³-hybridized carbons (Fsp3) is 0.217. The number of nitrogens with zero attached hydrogens (tertiary/aromatic N) is 4. The summed E-state index contributed by atoms with van der Waals surface area (Å²) in [7, 11) is 0. The van der Waals surface area contributed by atoms with Crippen molar-refractivity contribution in [1.82, 2.24) is 25.9 Å². The molecule has 0 radical (unpaired) electrons. The highest BCUT2D eigenvalue weighted by Crippen LogP contribution is 2.30. The van der Waals surface area contributed by atoms with Gasteiger partial charge in [0.15, 0.2) is 0 Å². The van der Waals surface area contributed by atoms with E-state index in [4.69, 9.17) is 0 Å². The third-order valence-electron chi connectivity index (χ3n) is 5.68. The van der Waals surface area contributed by atoms with Crippen LogP contribution in [0, 0.1) is 10.1 Å². The average Bonchev–Trinajstić information content (AvgIpc) is 3.38. The molecule has 0 unspecified atom stereocenters. The molecular weight excluding hydrogens is 454 g/mol. The van der Waals surface area contributed by atoms with E-state index in [-0.39, 0.29) is 22.9 Å². The Morgan fingerprint density at radius 1 is 0.971 bits per heavy atom. The van der Waals surface area contributed by atoms with Gasteiger partial charge in [-0.05, 0) is 18.2 Å². The minimum absolute atomic E-state index is 0.0118. The van der Waals surface area contributed by atoms with E-state index in [0.717, 1.165) is 11.6 Å². The number of anilines is 1. The molecule has 1 saturated heterocycles. The number of aromatic amines is 1. The first kappa shape index (κ1) is 23.4. The number of rotatable bonds is 5. The Bertz CT molecular complexity index is 1270. The topological polar surface area (TPSA) is 154 Å². The van der Waals surface area contributed by atoms with Gasteiger partial charge in [0.2, 0.25) is 5.91 Å². The molecule has 180 valence electrons. The summed E-state index contributed by atoms with van der Waals surface area (Å²) in [5, 5.41) is 18.4. The maximum absolute atomic E-state index is 12.6. The molecule has 12 heteroatoms. The summed E-state index contributed by atoms with van der Waals surface area (Å²) in [5.41, 5.74) is 6.20. The molecule has 0 spiro atoms. The number of carbonyl (C=O) groups excluding carboxylic acids is 3. The second-order valence-corrected chi connectivity index (χ2v) is 7.89. The summed E-state index contributed by atoms with van der Waals surface area (Å²) in [6, 6.07) is 14.9. The van der Waals surface area contributed by atoms with E-state index < -0.39 is 16.7 Å². The number of amides is 3. The molecule has 4 rings (SSSR count). The highest BCUT2D eigenvalue weighted by molar-refractivity contribution is 5.99. The first-order valence-electron chi connectivity index (χ1n) is 10.8. The summed E-state index contributed by atoms with van der Waals surface area (Å²) in [4.78, 5) is 51.1. The van der Waals surface area contributed by atoms with Gasteiger partial charge in [-0.15, -0.1) is 0 Å². The number of aromatic nitrogens is 2. The van der Waals surface area contributed by atoms with Crippen molar-refractivity contribution < 1.29 is 19.3 Å². The summed E-state index contributed by atoms with van der Waals surface area (Å²) < 4.78 is 0. The quantitative estimate of drug-likeness (QED) is 0.373. The van der Waals surface area contributed by atoms with Gasteiger partial charge in [-0.1, -0.05) is 30.3 Å². The fourth-order valence-electron chi connectivity index (χ4n) is 3.79. The standard InChI is InChI=1S/C23H23N7O5/c1-15(31)28-9-11-29(12-10-28)20-8-7-17(13-21(20)30(34)35)22(32)26-27-23(33)19-14-18(24-25-19)16-5-3-2-4-6-16/h2-8,13-14H,9-12H2,1H3,(H,24,25)(H,26,32)(H,27,33). The lowest BCUT2D eigenvalue weighted by atomic mass is 10.1. The Labute approximate surface area is 200 Å². The Morgan fingerprint density at radius 2 is 1.66 bits per heavy atom. The van der Waals surface area contributed by atoms with Crippen LogP contribution < -0.4 is 15.8 Å². The van der Waals surface area contributed by atoms with Gasteiger partial charge in [-0.3, -0.25) is 40.4 Å². The molecule has 1 aliphatic rings. The van der Waals surface area contributed by atoms with Gasteiger partial charge in [0.05, 0.1) is 10.6 Å². The number of nitrogens with one attached hydrogen (secondary N) is 3. The average molecular weight is 477 g/mol. The van der Waals surface area contributed by atoms with Crippen LogP contribution in [0.2, 0.25) is 0 Å². The first-order chi connectivity index (χ1) is 16.8. The molecule has 3 N–H and O–H groups in total. The molecule has 3 aromatic rings. The van der Waals surface area contributed by atoms with Gasteiger partial charge < -0.3 is 9.80 Å². The van der Waals surface area contributed by atoms with Gasteiger partial charge in [0, 0.05) is 50.3 Å². The molecule has 0 saturated carbocycles. The van der Waals surface area contributed by atoms with Crippen LogP contribution in [0.15, 0.2) is 54.6 Å². The van der Waals surface area contributed by atoms with E-state index in [9.17, 15) is 24.5 Å². The monoisotopic (exact) mass is 477 g/mol. The Balaban J connectivity index is 1.41. The molecule has 0 aliphatic carbocycles. The second-order valence-electron chi connectivity index (χ2n) is 7.89. The molecule has 12 nitrogen and oxygen atoms in total. The Kier molecular flexibility index (Phi) is 6.71. The van der Waals surface area contributed by atoms with Crippen molar-refractivity contribution in [2.24, 2.45) is 0 Å². The minimum atomic E-state index is -0.711. The summed E-state index contributed by atoms with van der Waals surface area (Å²) in [6.45, 7) is 3.29. The highest BCUT2D eigenvalue weighted by Gasteiger charge is 2.26. The summed E-state index contributed by atoms with van der Waals surface area (Å²) in [5.74, 6) is -1.38. The van der Waals surface area contributed by atoms with E-state index in [1.165, 1.54) is 19.1 Å². The molecule has 3 amide bonds. The van der Waals surface area contributed by atoms with Gasteiger partial charge in [-0.2, -0.15) is 5.10 Å². The predicted molar refractivity (Wildman–Crippen MR) is 127 cm³/mol. The van der Waals surface area contributed by atoms with Crippen molar-refractivity contribution in [3.05, 3.63) is 76.0 Å². The lowest BCUT2D eigenvalue weighted by molar-refractivity contribution is -0.384. The molecule has 2 aromatic carbocycles. The largest absolute Gasteiger partial charge is 0.362 e. The fourth-order valence-corrected chi connectivity index (χ4v) is 3.79. The van der Waals surface area contributed by atoms with Crippen LogP contribution in [-0.4, -0.2) is 63.9 Å². The SMILES string of the molecule is CC(=O)N1CCN(c2ccc(C(=O)NNC(=O)c3cc(-c4ccccc4)n[nH]3)cc2[N+](=O)[O-])CC1. The zero-order chi connectivity index (χ0) is 24.9. The third-order valence-corrected chi connectivity index (χ3v) is 5.68. The van der Waals surface area contributed by atoms with Gasteiger partial charge in [-0.25, -0.2) is 0 Å². The van der Waals surface area contributed by atoms with Crippen LogP contribution in [0.3, 0.4) is 0 Å². The van der Waals surface area contributed by atoms with Crippen molar-refractivity contribution in [3.8, 4) is 11.3 Å². The number of benzene rings is 2. The predicted octanol–water partition coefficient (Wildman–Crippen LogP) is 1.73. The smallest absolute Gasteiger partial charge is 0.293 e. The molecule has 0 atom stereocenters. The number of nitro groups is 1. The molecule has 0 bridgehead atoms. The van der Waals surface area contributed by atoms with E-state index in [0.29, 0.717) is 37.6 Å². The van der Waals surface area contributed by atoms with Crippen molar-refractivity contribution in [1.29, 1.82) is 0 Å². The van der Waals surface area contributed by atoms with Crippen LogP contribution >= 0.6 is 0 Å². The number of nitro benzene ring substituents is 1. The van der Waals surface area contributed by atoms with Crippen LogP contribution in [0.5, 0.6) is 0 Å². The molecular formula is C23H23N7O5. The number of hydrogen-bond donors (Lipinski definition) is 3.